The minimum Gasteiger partial charge on any atom is -0.481 e. The van der Waals surface area contributed by atoms with Crippen LogP contribution in [0.1, 0.15) is 12.2 Å². The summed E-state index contributed by atoms with van der Waals surface area (Å²) in [4.78, 5) is 42.5. The van der Waals surface area contributed by atoms with E-state index >= 15 is 0 Å². The number of nitrogens with zero attached hydrogens (tertiary/aromatic N) is 7. The molecule has 4 aromatic heterocycles. The molecule has 0 radical (unpaired) electrons. The molecule has 0 aliphatic carbocycles. The monoisotopic (exact) mass is 412 g/mol. The number of aryl methyl sites for hydroxylation is 1. The van der Waals surface area contributed by atoms with Crippen LogP contribution in [0.5, 0.6) is 0 Å². The van der Waals surface area contributed by atoms with Crippen molar-refractivity contribution in [1.29, 1.82) is 0 Å². The van der Waals surface area contributed by atoms with Crippen molar-refractivity contribution in [2.75, 3.05) is 6.61 Å². The molecule has 0 aliphatic heterocycles. The second-order valence-corrected chi connectivity index (χ2v) is 6.06. The molecule has 0 saturated carbocycles. The van der Waals surface area contributed by atoms with E-state index in [0.717, 1.165) is 0 Å². The number of carboxylic acid groups (broad SMARTS) is 1. The smallest absolute Gasteiger partial charge is 0.481 e. The third-order valence-electron chi connectivity index (χ3n) is 3.99. The lowest BCUT2D eigenvalue weighted by molar-refractivity contribution is -0.137. The summed E-state index contributed by atoms with van der Waals surface area (Å²) < 4.78 is 12.9. The number of aliphatic carboxylic acids is 1. The summed E-state index contributed by atoms with van der Waals surface area (Å²) in [6.45, 7) is 1.10. The van der Waals surface area contributed by atoms with Crippen LogP contribution < -0.4 is 0 Å². The number of rotatable bonds is 7. The molecule has 13 nitrogen and oxygen atoms in total. The number of carbonyl (C=O) groups is 2. The first-order chi connectivity index (χ1) is 14.5. The van der Waals surface area contributed by atoms with Crippen LogP contribution in [-0.4, -0.2) is 62.9 Å². The Bertz CT molecular complexity index is 1200. The molecule has 0 amide bonds. The molecule has 4 aromatic rings. The molecule has 0 fully saturated rings. The first-order valence-corrected chi connectivity index (χ1v) is 8.78. The lowest BCUT2D eigenvalue weighted by Gasteiger charge is -2.07. The zero-order chi connectivity index (χ0) is 21.1. The summed E-state index contributed by atoms with van der Waals surface area (Å²) >= 11 is 0. The van der Waals surface area contributed by atoms with Gasteiger partial charge in [0.15, 0.2) is 12.6 Å². The topological polar surface area (TPSA) is 162 Å². The Morgan fingerprint density at radius 3 is 2.90 bits per heavy atom. The van der Waals surface area contributed by atoms with Crippen molar-refractivity contribution < 1.29 is 24.2 Å². The van der Waals surface area contributed by atoms with Crippen LogP contribution in [0.25, 0.3) is 28.7 Å². The predicted octanol–water partition coefficient (Wildman–Crippen LogP) is 1.27. The van der Waals surface area contributed by atoms with Crippen molar-refractivity contribution in [1.82, 2.24) is 39.1 Å². The average molecular weight is 412 g/mol. The second-order valence-electron chi connectivity index (χ2n) is 6.06. The SMILES string of the molecule is Cc1nc(-c2nc3ncccn3c2-c2cnc[nH]2)n(COC(=O)OCCC(=O)O)n1. The zero-order valence-corrected chi connectivity index (χ0v) is 15.7. The van der Waals surface area contributed by atoms with Crippen molar-refractivity contribution >= 4 is 17.9 Å². The van der Waals surface area contributed by atoms with Crippen LogP contribution in [0.4, 0.5) is 4.79 Å². The number of hydrogen-bond acceptors (Lipinski definition) is 9. The maximum Gasteiger partial charge on any atom is 0.510 e. The number of ether oxygens (including phenoxy) is 2. The highest BCUT2D eigenvalue weighted by atomic mass is 16.7. The van der Waals surface area contributed by atoms with E-state index in [1.807, 2.05) is 0 Å². The third kappa shape index (κ3) is 3.80. The number of aromatic nitrogens is 8. The first kappa shape index (κ1) is 19.0. The van der Waals surface area contributed by atoms with Gasteiger partial charge in [0.05, 0.1) is 24.6 Å². The number of nitrogens with one attached hydrogen (secondary N) is 1. The molecule has 0 unspecified atom stereocenters. The minimum atomic E-state index is -1.08. The Morgan fingerprint density at radius 1 is 1.27 bits per heavy atom. The third-order valence-corrected chi connectivity index (χ3v) is 3.99. The fraction of sp³-hybridized carbons (Fsp3) is 0.235. The van der Waals surface area contributed by atoms with E-state index in [9.17, 15) is 9.59 Å². The van der Waals surface area contributed by atoms with Gasteiger partial charge >= 0.3 is 12.1 Å². The van der Waals surface area contributed by atoms with Gasteiger partial charge in [-0.25, -0.2) is 29.4 Å². The Kier molecular flexibility index (Phi) is 5.07. The predicted molar refractivity (Wildman–Crippen MR) is 99.0 cm³/mol. The molecule has 2 N–H and O–H groups in total. The summed E-state index contributed by atoms with van der Waals surface area (Å²) in [6.07, 6.45) is 5.28. The summed E-state index contributed by atoms with van der Waals surface area (Å²) in [5.41, 5.74) is 1.81. The number of H-pyrrole nitrogens is 1. The van der Waals surface area contributed by atoms with E-state index in [1.165, 1.54) is 4.68 Å². The van der Waals surface area contributed by atoms with Gasteiger partial charge in [-0.3, -0.25) is 9.20 Å². The van der Waals surface area contributed by atoms with Crippen LogP contribution in [0, 0.1) is 6.92 Å². The molecule has 0 spiro atoms. The molecule has 0 bridgehead atoms. The van der Waals surface area contributed by atoms with E-state index in [0.29, 0.717) is 34.5 Å². The average Bonchev–Trinajstić information content (AvgIpc) is 3.43. The number of carboxylic acids is 1. The van der Waals surface area contributed by atoms with E-state index in [4.69, 9.17) is 14.6 Å². The molecule has 0 saturated heterocycles. The Balaban J connectivity index is 1.64. The number of carbonyl (C=O) groups excluding carboxylic acids is 1. The summed E-state index contributed by atoms with van der Waals surface area (Å²) in [5, 5.41) is 12.8. The molecule has 30 heavy (non-hydrogen) atoms. The molecule has 0 aromatic carbocycles. The van der Waals surface area contributed by atoms with Gasteiger partial charge in [0.2, 0.25) is 5.78 Å². The molecule has 4 rings (SSSR count). The van der Waals surface area contributed by atoms with Gasteiger partial charge < -0.3 is 19.6 Å². The van der Waals surface area contributed by atoms with Gasteiger partial charge in [-0.05, 0) is 13.0 Å². The summed E-state index contributed by atoms with van der Waals surface area (Å²) in [6, 6.07) is 1.77. The fourth-order valence-corrected chi connectivity index (χ4v) is 2.78. The van der Waals surface area contributed by atoms with Gasteiger partial charge in [0.1, 0.15) is 23.8 Å². The highest BCUT2D eigenvalue weighted by Gasteiger charge is 2.23. The second kappa shape index (κ2) is 7.98. The maximum atomic E-state index is 11.7. The molecular formula is C17H16N8O5. The highest BCUT2D eigenvalue weighted by molar-refractivity contribution is 5.76. The van der Waals surface area contributed by atoms with Crippen molar-refractivity contribution in [3.8, 4) is 22.9 Å². The molecular weight excluding hydrogens is 396 g/mol. The summed E-state index contributed by atoms with van der Waals surface area (Å²) in [5.74, 6) is 0.149. The van der Waals surface area contributed by atoms with Gasteiger partial charge in [0, 0.05) is 12.4 Å². The number of imidazole rings is 2. The minimum absolute atomic E-state index is 0.292. The van der Waals surface area contributed by atoms with Crippen LogP contribution in [0.15, 0.2) is 31.0 Å². The quantitative estimate of drug-likeness (QED) is 0.423. The Morgan fingerprint density at radius 2 is 2.13 bits per heavy atom. The molecule has 4 heterocycles. The van der Waals surface area contributed by atoms with Gasteiger partial charge in [-0.15, -0.1) is 0 Å². The first-order valence-electron chi connectivity index (χ1n) is 8.78. The summed E-state index contributed by atoms with van der Waals surface area (Å²) in [7, 11) is 0. The van der Waals surface area contributed by atoms with Gasteiger partial charge in [-0.2, -0.15) is 5.10 Å². The van der Waals surface area contributed by atoms with E-state index in [1.54, 1.807) is 42.3 Å². The van der Waals surface area contributed by atoms with E-state index in [-0.39, 0.29) is 19.8 Å². The van der Waals surface area contributed by atoms with E-state index < -0.39 is 12.1 Å². The molecule has 0 atom stereocenters. The Hall–Kier alpha value is -4.29. The van der Waals surface area contributed by atoms with Crippen molar-refractivity contribution in [2.45, 2.75) is 20.1 Å². The number of fused-ring (bicyclic) bond motifs is 1. The lowest BCUT2D eigenvalue weighted by Crippen LogP contribution is -2.15. The molecule has 154 valence electrons. The van der Waals surface area contributed by atoms with E-state index in [2.05, 4.69) is 30.0 Å². The van der Waals surface area contributed by atoms with Crippen LogP contribution in [0.2, 0.25) is 0 Å². The highest BCUT2D eigenvalue weighted by Crippen LogP contribution is 2.30. The van der Waals surface area contributed by atoms with Gasteiger partial charge in [0.25, 0.3) is 0 Å². The standard InChI is InChI=1S/C17H16N8O5/c1-10-21-15(25(23-10)9-30-17(28)29-6-3-12(26)27)13-14(11-7-18-8-20-11)24-5-2-4-19-16(24)22-13/h2,4-5,7-8H,3,6,9H2,1H3,(H,18,20)(H,26,27). The van der Waals surface area contributed by atoms with Crippen molar-refractivity contribution in [2.24, 2.45) is 0 Å². The fourth-order valence-electron chi connectivity index (χ4n) is 2.78. The van der Waals surface area contributed by atoms with Crippen LogP contribution in [-0.2, 0) is 21.0 Å². The van der Waals surface area contributed by atoms with Crippen LogP contribution >= 0.6 is 0 Å². The van der Waals surface area contributed by atoms with Gasteiger partial charge in [-0.1, -0.05) is 0 Å². The molecule has 0 aliphatic rings. The normalized spacial score (nSPS) is 11.0. The van der Waals surface area contributed by atoms with Crippen molar-refractivity contribution in [3.05, 3.63) is 36.8 Å². The zero-order valence-electron chi connectivity index (χ0n) is 15.7. The van der Waals surface area contributed by atoms with Crippen LogP contribution in [0.3, 0.4) is 0 Å². The number of aromatic amines is 1. The van der Waals surface area contributed by atoms with Crippen molar-refractivity contribution in [3.63, 3.8) is 0 Å². The Labute approximate surface area is 168 Å². The maximum absolute atomic E-state index is 11.7. The molecule has 13 heteroatoms. The lowest BCUT2D eigenvalue weighted by atomic mass is 10.2. The number of hydrogen-bond donors (Lipinski definition) is 2. The largest absolute Gasteiger partial charge is 0.510 e.